The van der Waals surface area contributed by atoms with E-state index < -0.39 is 0 Å². The van der Waals surface area contributed by atoms with E-state index in [9.17, 15) is 4.79 Å². The molecule has 2 atom stereocenters. The molecule has 4 rings (SSSR count). The van der Waals surface area contributed by atoms with Gasteiger partial charge in [0.25, 0.3) is 0 Å². The molecule has 0 bridgehead atoms. The number of hydrogen-bond acceptors (Lipinski definition) is 1. The highest BCUT2D eigenvalue weighted by Crippen LogP contribution is 2.39. The van der Waals surface area contributed by atoms with E-state index >= 15 is 0 Å². The van der Waals surface area contributed by atoms with Crippen molar-refractivity contribution in [2.45, 2.75) is 38.6 Å². The summed E-state index contributed by atoms with van der Waals surface area (Å²) in [5.41, 5.74) is 3.98. The first-order valence-corrected chi connectivity index (χ1v) is 9.13. The lowest BCUT2D eigenvalue weighted by atomic mass is 9.84. The maximum Gasteiger partial charge on any atom is 0.223 e. The minimum absolute atomic E-state index is 0.288. The van der Waals surface area contributed by atoms with Gasteiger partial charge in [-0.1, -0.05) is 61.5 Å². The van der Waals surface area contributed by atoms with Crippen LogP contribution in [0.5, 0.6) is 0 Å². The molecule has 124 valence electrons. The fraction of sp³-hybridized carbons (Fsp3) is 0.409. The Kier molecular flexibility index (Phi) is 4.13. The first-order valence-electron chi connectivity index (χ1n) is 9.13. The van der Waals surface area contributed by atoms with Gasteiger partial charge < -0.3 is 4.90 Å². The molecule has 0 aromatic heterocycles. The molecule has 2 nitrogen and oxygen atoms in total. The van der Waals surface area contributed by atoms with Crippen LogP contribution < -0.4 is 0 Å². The van der Waals surface area contributed by atoms with Crippen molar-refractivity contribution >= 4 is 5.91 Å². The highest BCUT2D eigenvalue weighted by Gasteiger charge is 2.33. The lowest BCUT2D eigenvalue weighted by Crippen LogP contribution is -2.39. The number of carbonyl (C=O) groups is 1. The van der Waals surface area contributed by atoms with E-state index in [0.29, 0.717) is 18.2 Å². The number of amides is 1. The average molecular weight is 319 g/mol. The van der Waals surface area contributed by atoms with Gasteiger partial charge >= 0.3 is 0 Å². The fourth-order valence-electron chi connectivity index (χ4n) is 4.00. The Hall–Kier alpha value is -2.09. The molecule has 0 saturated heterocycles. The third-order valence-electron chi connectivity index (χ3n) is 5.67. The highest BCUT2D eigenvalue weighted by atomic mass is 16.2. The Morgan fingerprint density at radius 2 is 1.79 bits per heavy atom. The second-order valence-electron chi connectivity index (χ2n) is 7.46. The molecule has 2 aliphatic rings. The zero-order chi connectivity index (χ0) is 16.5. The summed E-state index contributed by atoms with van der Waals surface area (Å²) in [4.78, 5) is 14.9. The predicted molar refractivity (Wildman–Crippen MR) is 96.6 cm³/mol. The van der Waals surface area contributed by atoms with Crippen LogP contribution in [0.25, 0.3) is 0 Å². The molecule has 1 heterocycles. The molecule has 0 N–H and O–H groups in total. The monoisotopic (exact) mass is 319 g/mol. The maximum atomic E-state index is 12.9. The van der Waals surface area contributed by atoms with Crippen LogP contribution in [0.3, 0.4) is 0 Å². The van der Waals surface area contributed by atoms with Gasteiger partial charge in [0.1, 0.15) is 0 Å². The van der Waals surface area contributed by atoms with Crippen LogP contribution in [0.4, 0.5) is 0 Å². The second kappa shape index (κ2) is 6.43. The third kappa shape index (κ3) is 3.10. The summed E-state index contributed by atoms with van der Waals surface area (Å²) < 4.78 is 0. The Bertz CT molecular complexity index is 720. The Morgan fingerprint density at radius 1 is 1.08 bits per heavy atom. The molecule has 2 aromatic rings. The molecule has 1 saturated carbocycles. The van der Waals surface area contributed by atoms with Gasteiger partial charge in [0.2, 0.25) is 5.91 Å². The van der Waals surface area contributed by atoms with Gasteiger partial charge in [-0.2, -0.15) is 0 Å². The summed E-state index contributed by atoms with van der Waals surface area (Å²) in [5, 5.41) is 0. The normalized spacial score (nSPS) is 21.2. The van der Waals surface area contributed by atoms with Crippen molar-refractivity contribution in [2.24, 2.45) is 11.8 Å². The van der Waals surface area contributed by atoms with Crippen molar-refractivity contribution in [2.75, 3.05) is 6.54 Å². The predicted octanol–water partition coefficient (Wildman–Crippen LogP) is 4.60. The Balaban J connectivity index is 1.59. The van der Waals surface area contributed by atoms with Crippen LogP contribution in [-0.4, -0.2) is 17.4 Å². The molecule has 0 unspecified atom stereocenters. The smallest absolute Gasteiger partial charge is 0.223 e. The molecule has 2 heteroatoms. The lowest BCUT2D eigenvalue weighted by molar-refractivity contribution is -0.133. The van der Waals surface area contributed by atoms with Crippen LogP contribution in [0.2, 0.25) is 0 Å². The minimum atomic E-state index is 0.288. The van der Waals surface area contributed by atoms with E-state index in [1.165, 1.54) is 29.5 Å². The largest absolute Gasteiger partial charge is 0.337 e. The van der Waals surface area contributed by atoms with Gasteiger partial charge in [-0.25, -0.2) is 0 Å². The number of benzene rings is 2. The minimum Gasteiger partial charge on any atom is -0.337 e. The van der Waals surface area contributed by atoms with Gasteiger partial charge in [0.05, 0.1) is 0 Å². The summed E-state index contributed by atoms with van der Waals surface area (Å²) in [6.45, 7) is 3.80. The van der Waals surface area contributed by atoms with Gasteiger partial charge in [-0.05, 0) is 41.4 Å². The molecule has 2 aromatic carbocycles. The summed E-state index contributed by atoms with van der Waals surface area (Å²) in [6, 6.07) is 19.2. The van der Waals surface area contributed by atoms with Crippen LogP contribution in [0.15, 0.2) is 54.6 Å². The van der Waals surface area contributed by atoms with E-state index in [1.807, 2.05) is 0 Å². The zero-order valence-corrected chi connectivity index (χ0v) is 14.3. The quantitative estimate of drug-likeness (QED) is 0.806. The third-order valence-corrected chi connectivity index (χ3v) is 5.67. The number of rotatable bonds is 4. The number of hydrogen-bond donors (Lipinski definition) is 0. The first-order chi connectivity index (χ1) is 11.7. The van der Waals surface area contributed by atoms with Crippen LogP contribution in [0.1, 0.15) is 48.8 Å². The molecule has 24 heavy (non-hydrogen) atoms. The standard InChI is InChI=1S/C22H25NO/c1-16(17-11-12-17)13-22(24)23-14-19-9-5-6-10-20(19)21(15-23)18-7-3-2-4-8-18/h2-10,16-17,21H,11-15H2,1H3/t16-,21+/m1/s1. The number of nitrogens with zero attached hydrogens (tertiary/aromatic N) is 1. The van der Waals surface area contributed by atoms with Crippen molar-refractivity contribution in [3.63, 3.8) is 0 Å². The van der Waals surface area contributed by atoms with E-state index in [-0.39, 0.29) is 5.92 Å². The molecule has 1 aliphatic heterocycles. The van der Waals surface area contributed by atoms with Crippen molar-refractivity contribution in [1.82, 2.24) is 4.90 Å². The van der Waals surface area contributed by atoms with Crippen LogP contribution in [0, 0.1) is 11.8 Å². The van der Waals surface area contributed by atoms with Gasteiger partial charge in [-0.15, -0.1) is 0 Å². The van der Waals surface area contributed by atoms with E-state index in [1.54, 1.807) is 0 Å². The van der Waals surface area contributed by atoms with E-state index in [0.717, 1.165) is 19.0 Å². The van der Waals surface area contributed by atoms with Crippen molar-refractivity contribution in [3.8, 4) is 0 Å². The topological polar surface area (TPSA) is 20.3 Å². The summed E-state index contributed by atoms with van der Waals surface area (Å²) >= 11 is 0. The second-order valence-corrected chi connectivity index (χ2v) is 7.46. The van der Waals surface area contributed by atoms with Crippen molar-refractivity contribution in [1.29, 1.82) is 0 Å². The van der Waals surface area contributed by atoms with E-state index in [4.69, 9.17) is 0 Å². The Labute approximate surface area is 144 Å². The van der Waals surface area contributed by atoms with Crippen LogP contribution >= 0.6 is 0 Å². The molecular weight excluding hydrogens is 294 g/mol. The first kappa shape index (κ1) is 15.4. The molecule has 1 amide bonds. The lowest BCUT2D eigenvalue weighted by Gasteiger charge is -2.35. The zero-order valence-electron chi connectivity index (χ0n) is 14.3. The SMILES string of the molecule is C[C@H](CC(=O)N1Cc2ccccc2[C@H](c2ccccc2)C1)C1CC1. The average Bonchev–Trinajstić information content (AvgIpc) is 3.46. The highest BCUT2D eigenvalue weighted by molar-refractivity contribution is 5.77. The molecule has 0 radical (unpaired) electrons. The van der Waals surface area contributed by atoms with Crippen LogP contribution in [-0.2, 0) is 11.3 Å². The van der Waals surface area contributed by atoms with Crippen molar-refractivity contribution in [3.05, 3.63) is 71.3 Å². The summed E-state index contributed by atoms with van der Waals surface area (Å²) in [5.74, 6) is 1.93. The Morgan fingerprint density at radius 3 is 2.54 bits per heavy atom. The van der Waals surface area contributed by atoms with E-state index in [2.05, 4.69) is 66.4 Å². The fourth-order valence-corrected chi connectivity index (χ4v) is 4.00. The van der Waals surface area contributed by atoms with Gasteiger partial charge in [-0.3, -0.25) is 4.79 Å². The van der Waals surface area contributed by atoms with Crippen molar-refractivity contribution < 1.29 is 4.79 Å². The maximum absolute atomic E-state index is 12.9. The summed E-state index contributed by atoms with van der Waals surface area (Å²) in [6.07, 6.45) is 3.32. The number of fused-ring (bicyclic) bond motifs is 1. The molecule has 1 fully saturated rings. The van der Waals surface area contributed by atoms with Gasteiger partial charge in [0.15, 0.2) is 0 Å². The molecule has 1 aliphatic carbocycles. The summed E-state index contributed by atoms with van der Waals surface area (Å²) in [7, 11) is 0. The molecule has 0 spiro atoms. The van der Waals surface area contributed by atoms with Gasteiger partial charge in [0, 0.05) is 25.4 Å². The number of carbonyl (C=O) groups excluding carboxylic acids is 1. The molecular formula is C22H25NO.